The van der Waals surface area contributed by atoms with Crippen LogP contribution in [-0.2, 0) is 83.2 Å². The lowest BCUT2D eigenvalue weighted by atomic mass is 10.0. The van der Waals surface area contributed by atoms with E-state index in [0.29, 0.717) is 99.6 Å². The number of rotatable bonds is 35. The van der Waals surface area contributed by atoms with Crippen molar-refractivity contribution in [3.8, 4) is 11.5 Å². The van der Waals surface area contributed by atoms with Crippen LogP contribution in [0, 0.1) is 10.8 Å². The molecule has 0 aromatic heterocycles. The number of benzene rings is 6. The van der Waals surface area contributed by atoms with Crippen molar-refractivity contribution in [3.63, 3.8) is 0 Å². The topological polar surface area (TPSA) is 496 Å². The second-order valence-electron chi connectivity index (χ2n) is 29.5. The lowest BCUT2D eigenvalue weighted by molar-refractivity contribution is -0.143. The quantitative estimate of drug-likeness (QED) is 0.0154. The van der Waals surface area contributed by atoms with E-state index in [1.165, 1.54) is 47.9 Å². The van der Waals surface area contributed by atoms with E-state index in [-0.39, 0.29) is 126 Å². The molecule has 32 nitrogen and oxygen atoms in total. The predicted molar refractivity (Wildman–Crippen MR) is 439 cm³/mol. The Hall–Kier alpha value is -12.4. The second kappa shape index (κ2) is 46.1. The van der Waals surface area contributed by atoms with Crippen molar-refractivity contribution in [1.29, 1.82) is 10.8 Å². The van der Waals surface area contributed by atoms with E-state index in [1.54, 1.807) is 24.3 Å². The summed E-state index contributed by atoms with van der Waals surface area (Å²) in [6.45, 7) is 3.13. The Labute approximate surface area is 675 Å². The zero-order valence-corrected chi connectivity index (χ0v) is 66.0. The van der Waals surface area contributed by atoms with E-state index < -0.39 is 120 Å². The highest BCUT2D eigenvalue weighted by Gasteiger charge is 2.38. The molecule has 6 aromatic rings. The summed E-state index contributed by atoms with van der Waals surface area (Å²) >= 11 is 0. The third kappa shape index (κ3) is 29.5. The summed E-state index contributed by atoms with van der Waals surface area (Å²) in [4.78, 5) is 172. The molecule has 0 saturated carbocycles. The Morgan fingerprint density at radius 1 is 0.379 bits per heavy atom. The number of amides is 12. The molecule has 622 valence electrons. The number of nitrogens with one attached hydrogen (secondary N) is 14. The van der Waals surface area contributed by atoms with Gasteiger partial charge in [-0.05, 0) is 146 Å². The fraction of sp³-hybridized carbons (Fsp3) is 0.452. The van der Waals surface area contributed by atoms with Gasteiger partial charge in [0.05, 0.1) is 13.1 Å². The molecule has 0 radical (unpaired) electrons. The lowest BCUT2D eigenvalue weighted by Gasteiger charge is -2.33. The van der Waals surface area contributed by atoms with E-state index in [2.05, 4.69) is 63.8 Å². The van der Waals surface area contributed by atoms with E-state index in [9.17, 15) is 67.7 Å². The first kappa shape index (κ1) is 89.2. The molecule has 2 aliphatic heterocycles. The molecule has 0 aliphatic carbocycles. The van der Waals surface area contributed by atoms with Crippen molar-refractivity contribution in [1.82, 2.24) is 73.6 Å². The fourth-order valence-corrected chi connectivity index (χ4v) is 14.0. The number of aromatic hydroxyl groups is 2. The zero-order valence-electron chi connectivity index (χ0n) is 66.0. The van der Waals surface area contributed by atoms with Crippen molar-refractivity contribution in [2.75, 3.05) is 52.4 Å². The van der Waals surface area contributed by atoms with Crippen molar-refractivity contribution >= 4 is 104 Å². The molecule has 116 heavy (non-hydrogen) atoms. The number of guanidine groups is 2. The Morgan fingerprint density at radius 3 is 1.09 bits per heavy atom. The predicted octanol–water partition coefficient (Wildman–Crippen LogP) is 2.72. The van der Waals surface area contributed by atoms with Crippen LogP contribution < -0.4 is 75.3 Å². The van der Waals surface area contributed by atoms with Crippen molar-refractivity contribution in [2.45, 2.75) is 191 Å². The molecule has 12 amide bonds. The van der Waals surface area contributed by atoms with Gasteiger partial charge in [-0.3, -0.25) is 68.4 Å². The van der Waals surface area contributed by atoms with E-state index in [4.69, 9.17) is 22.3 Å². The first-order valence-electron chi connectivity index (χ1n) is 39.9. The first-order chi connectivity index (χ1) is 55.8. The number of phenolic OH excluding ortho intramolecular Hbond substituents is 2. The molecule has 2 saturated heterocycles. The van der Waals surface area contributed by atoms with Crippen LogP contribution in [-0.4, -0.2) is 204 Å². The highest BCUT2D eigenvalue weighted by molar-refractivity contribution is 5.99. The van der Waals surface area contributed by atoms with Gasteiger partial charge in [-0.25, -0.2) is 0 Å². The smallest absolute Gasteiger partial charge is 0.246 e. The molecule has 8 atom stereocenters. The van der Waals surface area contributed by atoms with Crippen LogP contribution in [0.25, 0.3) is 21.5 Å². The van der Waals surface area contributed by atoms with Gasteiger partial charge in [0.2, 0.25) is 70.9 Å². The molecule has 20 N–H and O–H groups in total. The summed E-state index contributed by atoms with van der Waals surface area (Å²) in [5.41, 5.74) is 13.7. The minimum Gasteiger partial charge on any atom is -0.508 e. The van der Waals surface area contributed by atoms with Crippen molar-refractivity contribution < 1.29 is 67.7 Å². The molecular weight excluding hydrogens is 1490 g/mol. The number of carbonyl (C=O) groups excluding carboxylic acids is 12. The number of fused-ring (bicyclic) bond motifs is 2. The van der Waals surface area contributed by atoms with Crippen LogP contribution in [0.15, 0.2) is 133 Å². The monoisotopic (exact) mass is 1600 g/mol. The summed E-state index contributed by atoms with van der Waals surface area (Å²) in [7, 11) is 0. The summed E-state index contributed by atoms with van der Waals surface area (Å²) in [5, 5.41) is 72.5. The normalized spacial score (nSPS) is 19.7. The van der Waals surface area contributed by atoms with Crippen molar-refractivity contribution in [2.24, 2.45) is 11.5 Å². The lowest BCUT2D eigenvalue weighted by Crippen LogP contribution is -2.58. The van der Waals surface area contributed by atoms with Crippen LogP contribution in [0.5, 0.6) is 11.5 Å². The minimum atomic E-state index is -1.24. The number of unbranched alkanes of at least 4 members (excludes halogenated alkanes) is 7. The molecule has 2 heterocycles. The average Bonchev–Trinajstić information content (AvgIpc) is 1.34. The third-order valence-electron chi connectivity index (χ3n) is 20.5. The van der Waals surface area contributed by atoms with Gasteiger partial charge >= 0.3 is 0 Å². The second-order valence-corrected chi connectivity index (χ2v) is 29.5. The molecule has 2 fully saturated rings. The molecule has 8 rings (SSSR count). The standard InChI is InChI=1S/C84H112N18O14/c1-53-75(109)97-65(23-17-41-91-83(85)86)79(113)99-67(49-57-27-33-59-19-7-9-21-61(59)45-57)77(111)93-51-73(107)95-69(47-55-29-35-63(103)36-30-55)81(115)101(53)43-15-5-3-13-39-89-71(105)25-11-12-26-72(106)90-40-14-4-6-16-44-102-54(2)76(110)98-66(24-18-42-92-84(87)88)80(114)100-68(50-58-28-34-60-20-8-10-22-62(60)46-58)78(112)94-52-74(108)96-70(82(102)116)48-56-31-37-64(104)38-32-56/h7-10,19-22,27-38,45-46,53-54,65-70,103-104H,3-6,11-18,23-26,39-44,47-52H2,1-2H3,(H,89,105)(H,90,106)(H,93,111)(H,94,112)(H,95,107)(H,96,108)(H,97,109)(H,98,110)(H,99,113)(H,100,114)(H4,85,86,91)(H4,87,88,92)/t53-,54-,65+,66+,67+,68+,69-,70-/m1/s1. The molecule has 2 aliphatic rings. The molecule has 0 bridgehead atoms. The number of nitrogens with two attached hydrogens (primary N) is 2. The maximum Gasteiger partial charge on any atom is 0.246 e. The van der Waals surface area contributed by atoms with E-state index in [1.807, 2.05) is 84.9 Å². The third-order valence-corrected chi connectivity index (χ3v) is 20.5. The maximum atomic E-state index is 14.9. The molecule has 32 heteroatoms. The largest absolute Gasteiger partial charge is 0.508 e. The number of phenols is 2. The van der Waals surface area contributed by atoms with Crippen LogP contribution in [0.4, 0.5) is 0 Å². The van der Waals surface area contributed by atoms with Crippen LogP contribution in [0.1, 0.15) is 139 Å². The molecule has 0 unspecified atom stereocenters. The molecular formula is C84H112N18O14. The Balaban J connectivity index is 0.799. The molecule has 6 aromatic carbocycles. The van der Waals surface area contributed by atoms with Gasteiger partial charge in [0.1, 0.15) is 59.8 Å². The van der Waals surface area contributed by atoms with Crippen LogP contribution in [0.2, 0.25) is 0 Å². The van der Waals surface area contributed by atoms with Crippen LogP contribution >= 0.6 is 0 Å². The highest BCUT2D eigenvalue weighted by atomic mass is 16.3. The first-order valence-corrected chi connectivity index (χ1v) is 39.9. The fourth-order valence-electron chi connectivity index (χ4n) is 14.0. The van der Waals surface area contributed by atoms with Crippen molar-refractivity contribution in [3.05, 3.63) is 156 Å². The van der Waals surface area contributed by atoms with Gasteiger partial charge < -0.3 is 95.3 Å². The van der Waals surface area contributed by atoms with Gasteiger partial charge in [0.25, 0.3) is 0 Å². The minimum absolute atomic E-state index is 0.0180. The van der Waals surface area contributed by atoms with Gasteiger partial charge in [-0.1, -0.05) is 135 Å². The average molecular weight is 1600 g/mol. The van der Waals surface area contributed by atoms with Gasteiger partial charge in [0, 0.05) is 77.8 Å². The van der Waals surface area contributed by atoms with Gasteiger partial charge in [-0.15, -0.1) is 0 Å². The van der Waals surface area contributed by atoms with Gasteiger partial charge in [-0.2, -0.15) is 0 Å². The molecule has 0 spiro atoms. The SMILES string of the molecule is C[C@@H]1C(=O)N[C@@H](CCCNC(=N)N)C(=O)N[C@@H](Cc2ccc3ccccc3c2)C(=O)NCC(=O)N[C@H](Cc2ccc(O)cc2)C(=O)N1CCCCCCNC(=O)CCCCC(=O)NCCCCCCN1C(=O)[C@@H](Cc2ccc(O)cc2)NC(=O)CNC(=O)[C@H](Cc2ccc3ccccc3c2)NC(=O)[C@H](CCCNC(=N)N)NC(=O)[C@H]1C. The van der Waals surface area contributed by atoms with Gasteiger partial charge in [0.15, 0.2) is 11.9 Å². The summed E-state index contributed by atoms with van der Waals surface area (Å²) in [5.74, 6) is -7.71. The zero-order chi connectivity index (χ0) is 83.5. The summed E-state index contributed by atoms with van der Waals surface area (Å²) in [6, 6.07) is 29.1. The number of carbonyl (C=O) groups is 12. The number of hydrogen-bond donors (Lipinski definition) is 18. The van der Waals surface area contributed by atoms with E-state index >= 15 is 0 Å². The van der Waals surface area contributed by atoms with E-state index in [0.717, 1.165) is 21.5 Å². The number of nitrogens with zero attached hydrogens (tertiary/aromatic N) is 2. The Bertz CT molecular complexity index is 4120. The summed E-state index contributed by atoms with van der Waals surface area (Å²) in [6.07, 6.45) is 6.22. The van der Waals surface area contributed by atoms with Crippen LogP contribution in [0.3, 0.4) is 0 Å². The Morgan fingerprint density at radius 2 is 0.716 bits per heavy atom. The Kier molecular flexibility index (Phi) is 35.4. The maximum absolute atomic E-state index is 14.9. The summed E-state index contributed by atoms with van der Waals surface area (Å²) < 4.78 is 0. The number of hydrogen-bond acceptors (Lipinski definition) is 16. The highest BCUT2D eigenvalue weighted by Crippen LogP contribution is 2.23.